The molecule has 0 unspecified atom stereocenters. The van der Waals surface area contributed by atoms with Crippen LogP contribution >= 0.6 is 12.4 Å². The predicted molar refractivity (Wildman–Crippen MR) is 83.9 cm³/mol. The van der Waals surface area contributed by atoms with Gasteiger partial charge in [0.2, 0.25) is 0 Å². The molecule has 0 amide bonds. The van der Waals surface area contributed by atoms with Crippen molar-refractivity contribution in [3.63, 3.8) is 0 Å². The van der Waals surface area contributed by atoms with Crippen molar-refractivity contribution in [3.05, 3.63) is 23.3 Å². The number of aromatic hydroxyl groups is 1. The Labute approximate surface area is 135 Å². The van der Waals surface area contributed by atoms with Crippen LogP contribution in [0, 0.1) is 5.92 Å². The Morgan fingerprint density at radius 2 is 2.23 bits per heavy atom. The van der Waals surface area contributed by atoms with E-state index in [1.807, 2.05) is 6.07 Å². The summed E-state index contributed by atoms with van der Waals surface area (Å²) >= 11 is 0. The van der Waals surface area contributed by atoms with Gasteiger partial charge in [-0.25, -0.2) is 0 Å². The van der Waals surface area contributed by atoms with Gasteiger partial charge in [0, 0.05) is 23.4 Å². The summed E-state index contributed by atoms with van der Waals surface area (Å²) in [6.45, 7) is 1.00. The number of phenolic OH excluding ortho intramolecular Hbond substituents is 1. The molecule has 1 aromatic carbocycles. The smallest absolute Gasteiger partial charge is 0.174 e. The van der Waals surface area contributed by atoms with Crippen LogP contribution in [0.15, 0.2) is 12.1 Å². The molecule has 118 valence electrons. The zero-order valence-corrected chi connectivity index (χ0v) is 13.4. The lowest BCUT2D eigenvalue weighted by Crippen LogP contribution is -2.65. The van der Waals surface area contributed by atoms with E-state index in [9.17, 15) is 9.90 Å². The third-order valence-corrected chi connectivity index (χ3v) is 6.39. The van der Waals surface area contributed by atoms with Crippen molar-refractivity contribution in [1.82, 2.24) is 4.90 Å². The molecule has 1 saturated carbocycles. The summed E-state index contributed by atoms with van der Waals surface area (Å²) in [6, 6.07) is 4.26. The van der Waals surface area contributed by atoms with E-state index in [2.05, 4.69) is 11.9 Å². The predicted octanol–water partition coefficient (Wildman–Crippen LogP) is 2.05. The van der Waals surface area contributed by atoms with Gasteiger partial charge in [0.15, 0.2) is 23.4 Å². The molecule has 4 atom stereocenters. The van der Waals surface area contributed by atoms with E-state index in [-0.39, 0.29) is 35.5 Å². The Hall–Kier alpha value is -1.26. The van der Waals surface area contributed by atoms with Crippen molar-refractivity contribution in [2.75, 3.05) is 13.6 Å². The third kappa shape index (κ3) is 1.41. The molecule has 4 aliphatic rings. The number of hydrogen-bond donors (Lipinski definition) is 1. The van der Waals surface area contributed by atoms with E-state index in [1.165, 1.54) is 5.56 Å². The number of nitrogens with zero attached hydrogens (tertiary/aromatic N) is 1. The number of ether oxygens (including phenoxy) is 1. The zero-order valence-electron chi connectivity index (χ0n) is 12.5. The summed E-state index contributed by atoms with van der Waals surface area (Å²) in [5, 5.41) is 10.2. The molecule has 0 aromatic heterocycles. The summed E-state index contributed by atoms with van der Waals surface area (Å²) in [7, 11) is 2.20. The van der Waals surface area contributed by atoms with Gasteiger partial charge in [-0.1, -0.05) is 6.07 Å². The first-order chi connectivity index (χ1) is 10.1. The monoisotopic (exact) mass is 321 g/mol. The van der Waals surface area contributed by atoms with Crippen LogP contribution in [0.2, 0.25) is 0 Å². The number of ketones is 1. The average Bonchev–Trinajstić information content (AvgIpc) is 2.83. The van der Waals surface area contributed by atoms with E-state index in [0.29, 0.717) is 24.1 Å². The molecule has 0 radical (unpaired) electrons. The molecule has 2 heterocycles. The molecule has 2 aliphatic heterocycles. The maximum atomic E-state index is 12.5. The first kappa shape index (κ1) is 14.3. The lowest BCUT2D eigenvalue weighted by Gasteiger charge is -2.57. The number of piperidine rings is 1. The van der Waals surface area contributed by atoms with Gasteiger partial charge in [0.1, 0.15) is 0 Å². The molecule has 5 rings (SSSR count). The topological polar surface area (TPSA) is 49.8 Å². The van der Waals surface area contributed by atoms with Gasteiger partial charge in [-0.3, -0.25) is 4.79 Å². The van der Waals surface area contributed by atoms with Crippen molar-refractivity contribution in [2.45, 2.75) is 43.2 Å². The number of hydrogen-bond acceptors (Lipinski definition) is 4. The highest BCUT2D eigenvalue weighted by Gasteiger charge is 2.65. The lowest BCUT2D eigenvalue weighted by molar-refractivity contribution is -0.138. The Bertz CT molecular complexity index is 676. The Kier molecular flexibility index (Phi) is 2.86. The lowest BCUT2D eigenvalue weighted by atomic mass is 9.52. The van der Waals surface area contributed by atoms with Gasteiger partial charge in [0.25, 0.3) is 0 Å². The number of likely N-dealkylation sites (N-methyl/N-ethyl adjacent to an activating group) is 1. The summed E-state index contributed by atoms with van der Waals surface area (Å²) in [5.74, 6) is 1.50. The van der Waals surface area contributed by atoms with E-state index < -0.39 is 0 Å². The summed E-state index contributed by atoms with van der Waals surface area (Å²) in [4.78, 5) is 14.9. The van der Waals surface area contributed by atoms with Crippen molar-refractivity contribution in [1.29, 1.82) is 0 Å². The SMILES string of the molecule is CN1CC[C@]23c4c5ccc(O)c4O[C@H]2C(=O)CC[C@H]3[C@@H]1C5.Cl. The van der Waals surface area contributed by atoms with Crippen LogP contribution in [0.1, 0.15) is 30.4 Å². The standard InChI is InChI=1S/C17H19NO3.ClH/c1-18-7-6-17-10-3-5-13(20)16(17)21-15-12(19)4-2-9(14(15)17)8-11(10)18;/h2,4,10-11,16,19H,3,5-8H2,1H3;1H/t10-,11-,16-,17-;/m0./s1. The highest BCUT2D eigenvalue weighted by atomic mass is 35.5. The normalized spacial score (nSPS) is 38.0. The number of rotatable bonds is 0. The summed E-state index contributed by atoms with van der Waals surface area (Å²) in [5.41, 5.74) is 2.26. The fourth-order valence-electron chi connectivity index (χ4n) is 5.52. The van der Waals surface area contributed by atoms with E-state index in [1.54, 1.807) is 6.07 Å². The van der Waals surface area contributed by atoms with Crippen LogP contribution in [0.3, 0.4) is 0 Å². The van der Waals surface area contributed by atoms with E-state index in [4.69, 9.17) is 4.74 Å². The molecule has 2 fully saturated rings. The van der Waals surface area contributed by atoms with Crippen LogP contribution < -0.4 is 4.74 Å². The van der Waals surface area contributed by atoms with Crippen molar-refractivity contribution >= 4 is 18.2 Å². The van der Waals surface area contributed by atoms with Gasteiger partial charge in [-0.05, 0) is 50.4 Å². The van der Waals surface area contributed by atoms with Crippen molar-refractivity contribution in [3.8, 4) is 11.5 Å². The van der Waals surface area contributed by atoms with Gasteiger partial charge in [-0.2, -0.15) is 0 Å². The van der Waals surface area contributed by atoms with E-state index in [0.717, 1.165) is 31.4 Å². The Morgan fingerprint density at radius 1 is 1.41 bits per heavy atom. The maximum Gasteiger partial charge on any atom is 0.174 e. The van der Waals surface area contributed by atoms with E-state index >= 15 is 0 Å². The van der Waals surface area contributed by atoms with Crippen LogP contribution in [0.25, 0.3) is 0 Å². The number of carbonyl (C=O) groups is 1. The number of halogens is 1. The fourth-order valence-corrected chi connectivity index (χ4v) is 5.52. The molecule has 1 aromatic rings. The minimum absolute atomic E-state index is 0. The summed E-state index contributed by atoms with van der Waals surface area (Å²) < 4.78 is 6.04. The summed E-state index contributed by atoms with van der Waals surface area (Å²) in [6.07, 6.45) is 3.18. The molecule has 1 spiro atoms. The first-order valence-electron chi connectivity index (χ1n) is 7.88. The van der Waals surface area contributed by atoms with Gasteiger partial charge < -0.3 is 14.7 Å². The van der Waals surface area contributed by atoms with Crippen LogP contribution in [0.4, 0.5) is 0 Å². The molecule has 22 heavy (non-hydrogen) atoms. The van der Waals surface area contributed by atoms with Gasteiger partial charge in [-0.15, -0.1) is 12.4 Å². The van der Waals surface area contributed by atoms with Gasteiger partial charge >= 0.3 is 0 Å². The Balaban J connectivity index is 0.00000125. The minimum Gasteiger partial charge on any atom is -0.504 e. The largest absolute Gasteiger partial charge is 0.504 e. The maximum absolute atomic E-state index is 12.5. The second-order valence-electron chi connectivity index (χ2n) is 7.10. The molecule has 1 saturated heterocycles. The molecule has 5 heteroatoms. The molecule has 4 nitrogen and oxygen atoms in total. The van der Waals surface area contributed by atoms with Crippen LogP contribution in [0.5, 0.6) is 11.5 Å². The quantitative estimate of drug-likeness (QED) is 0.794. The van der Waals surface area contributed by atoms with Gasteiger partial charge in [0.05, 0.1) is 0 Å². The highest BCUT2D eigenvalue weighted by Crippen LogP contribution is 2.62. The third-order valence-electron chi connectivity index (χ3n) is 6.39. The zero-order chi connectivity index (χ0) is 14.4. The first-order valence-corrected chi connectivity index (χ1v) is 7.88. The molecular weight excluding hydrogens is 302 g/mol. The average molecular weight is 322 g/mol. The Morgan fingerprint density at radius 3 is 3.05 bits per heavy atom. The van der Waals surface area contributed by atoms with Crippen molar-refractivity contribution in [2.24, 2.45) is 5.92 Å². The molecular formula is C17H20ClNO3. The number of phenols is 1. The van der Waals surface area contributed by atoms with Crippen LogP contribution in [-0.4, -0.2) is 41.5 Å². The second-order valence-corrected chi connectivity index (χ2v) is 7.10. The molecule has 2 aliphatic carbocycles. The molecule has 2 bridgehead atoms. The minimum atomic E-state index is -0.366. The highest BCUT2D eigenvalue weighted by molar-refractivity contribution is 5.89. The number of carbonyl (C=O) groups excluding carboxylic acids is 1. The van der Waals surface area contributed by atoms with Crippen LogP contribution in [-0.2, 0) is 16.6 Å². The number of Topliss-reactive ketones (excluding diaryl/α,β-unsaturated/α-hetero) is 1. The number of benzene rings is 1. The number of likely N-dealkylation sites (tertiary alicyclic amines) is 1. The van der Waals surface area contributed by atoms with Crippen molar-refractivity contribution < 1.29 is 14.6 Å². The molecule has 1 N–H and O–H groups in total. The fraction of sp³-hybridized carbons (Fsp3) is 0.588. The second kappa shape index (κ2) is 4.39.